The number of amides is 3. The van der Waals surface area contributed by atoms with E-state index < -0.39 is 29.3 Å². The highest BCUT2D eigenvalue weighted by atomic mass is 35.5. The highest BCUT2D eigenvalue weighted by Gasteiger charge is 2.40. The number of nitriles is 1. The molecule has 0 unspecified atom stereocenters. The molecule has 2 aliphatic rings. The van der Waals surface area contributed by atoms with Crippen LogP contribution in [0.5, 0.6) is 0 Å². The van der Waals surface area contributed by atoms with Crippen LogP contribution in [-0.2, 0) is 22.7 Å². The summed E-state index contributed by atoms with van der Waals surface area (Å²) in [6.07, 6.45) is 1.97. The van der Waals surface area contributed by atoms with Crippen LogP contribution in [0.25, 0.3) is 10.9 Å². The predicted molar refractivity (Wildman–Crippen MR) is 153 cm³/mol. The normalized spacial score (nSPS) is 18.2. The van der Waals surface area contributed by atoms with Gasteiger partial charge in [0.2, 0.25) is 11.8 Å². The van der Waals surface area contributed by atoms with Gasteiger partial charge in [-0.1, -0.05) is 11.6 Å². The molecule has 2 heterocycles. The fourth-order valence-electron chi connectivity index (χ4n) is 5.23. The van der Waals surface area contributed by atoms with Crippen molar-refractivity contribution in [3.8, 4) is 6.07 Å². The van der Waals surface area contributed by atoms with Crippen LogP contribution in [-0.4, -0.2) is 50.9 Å². The van der Waals surface area contributed by atoms with Gasteiger partial charge in [-0.15, -0.1) is 0 Å². The maximum absolute atomic E-state index is 13.5. The minimum absolute atomic E-state index is 0.0946. The zero-order chi connectivity index (χ0) is 29.4. The van der Waals surface area contributed by atoms with Gasteiger partial charge in [-0.05, 0) is 62.1 Å². The summed E-state index contributed by atoms with van der Waals surface area (Å²) in [5.41, 5.74) is 0.563. The number of nitrogens with one attached hydrogen (secondary N) is 2. The molecule has 212 valence electrons. The first-order valence-corrected chi connectivity index (χ1v) is 13.8. The van der Waals surface area contributed by atoms with E-state index in [1.165, 1.54) is 34.6 Å². The smallest absolute Gasteiger partial charge is 0.331 e. The van der Waals surface area contributed by atoms with Crippen molar-refractivity contribution in [1.82, 2.24) is 19.4 Å². The second-order valence-electron chi connectivity index (χ2n) is 10.5. The molecule has 0 radical (unpaired) electrons. The lowest BCUT2D eigenvalue weighted by molar-refractivity contribution is -0.128. The number of rotatable bonds is 7. The van der Waals surface area contributed by atoms with E-state index >= 15 is 0 Å². The minimum Gasteiger partial charge on any atom is -0.347 e. The summed E-state index contributed by atoms with van der Waals surface area (Å²) in [5.74, 6) is -1.61. The third-order valence-electron chi connectivity index (χ3n) is 7.72. The number of halogens is 1. The fraction of sp³-hybridized carbons (Fsp3) is 0.379. The van der Waals surface area contributed by atoms with Crippen molar-refractivity contribution < 1.29 is 14.4 Å². The van der Waals surface area contributed by atoms with Crippen molar-refractivity contribution in [2.24, 2.45) is 11.8 Å². The summed E-state index contributed by atoms with van der Waals surface area (Å²) in [6.45, 7) is 4.22. The molecule has 12 heteroatoms. The minimum atomic E-state index is -0.775. The number of aryl methyl sites for hydroxylation is 1. The SMILES string of the molecule is CCn1c(=O)n(CC2CC2)c(=O)c2cc(NC(=O)[C@H]3CN(C(C)=O)C[C@@H]3NC(=O)c3ccc(C#N)c(Cl)c3)ccc21. The van der Waals surface area contributed by atoms with E-state index in [2.05, 4.69) is 10.6 Å². The summed E-state index contributed by atoms with van der Waals surface area (Å²) < 4.78 is 2.82. The zero-order valence-electron chi connectivity index (χ0n) is 22.6. The number of likely N-dealkylation sites (tertiary alicyclic amines) is 1. The topological polar surface area (TPSA) is 146 Å². The lowest BCUT2D eigenvalue weighted by Gasteiger charge is -2.20. The second-order valence-corrected chi connectivity index (χ2v) is 10.9. The molecule has 11 nitrogen and oxygen atoms in total. The van der Waals surface area contributed by atoms with Crippen LogP contribution in [0.1, 0.15) is 42.6 Å². The number of carbonyl (C=O) groups is 3. The zero-order valence-corrected chi connectivity index (χ0v) is 23.4. The van der Waals surface area contributed by atoms with Crippen LogP contribution in [0, 0.1) is 23.2 Å². The molecule has 2 aromatic carbocycles. The summed E-state index contributed by atoms with van der Waals surface area (Å²) in [7, 11) is 0. The Morgan fingerprint density at radius 1 is 1.07 bits per heavy atom. The first-order valence-electron chi connectivity index (χ1n) is 13.5. The van der Waals surface area contributed by atoms with Crippen LogP contribution in [0.15, 0.2) is 46.0 Å². The Kier molecular flexibility index (Phi) is 7.69. The highest BCUT2D eigenvalue weighted by molar-refractivity contribution is 6.32. The van der Waals surface area contributed by atoms with Gasteiger partial charge in [0, 0.05) is 44.4 Å². The van der Waals surface area contributed by atoms with Crippen LogP contribution in [0.3, 0.4) is 0 Å². The van der Waals surface area contributed by atoms with Gasteiger partial charge >= 0.3 is 5.69 Å². The average molecular weight is 577 g/mol. The number of benzene rings is 2. The van der Waals surface area contributed by atoms with E-state index in [0.717, 1.165) is 12.8 Å². The Hall–Kier alpha value is -4.43. The highest BCUT2D eigenvalue weighted by Crippen LogP contribution is 2.30. The van der Waals surface area contributed by atoms with Crippen molar-refractivity contribution in [2.75, 3.05) is 18.4 Å². The van der Waals surface area contributed by atoms with Gasteiger partial charge in [0.25, 0.3) is 11.5 Å². The molecular formula is C29H29ClN6O5. The van der Waals surface area contributed by atoms with Gasteiger partial charge in [-0.2, -0.15) is 5.26 Å². The molecule has 41 heavy (non-hydrogen) atoms. The number of nitrogens with zero attached hydrogens (tertiary/aromatic N) is 4. The largest absolute Gasteiger partial charge is 0.347 e. The Morgan fingerprint density at radius 2 is 1.83 bits per heavy atom. The Morgan fingerprint density at radius 3 is 2.46 bits per heavy atom. The molecule has 1 aliphatic carbocycles. The summed E-state index contributed by atoms with van der Waals surface area (Å²) in [4.78, 5) is 66.3. The van der Waals surface area contributed by atoms with Crippen LogP contribution in [0.4, 0.5) is 5.69 Å². The lowest BCUT2D eigenvalue weighted by Crippen LogP contribution is -2.44. The second kappa shape index (κ2) is 11.2. The monoisotopic (exact) mass is 576 g/mol. The molecule has 0 bridgehead atoms. The van der Waals surface area contributed by atoms with Gasteiger partial charge < -0.3 is 15.5 Å². The number of fused-ring (bicyclic) bond motifs is 1. The number of hydrogen-bond acceptors (Lipinski definition) is 6. The van der Waals surface area contributed by atoms with Gasteiger partial charge in [0.15, 0.2) is 0 Å². The van der Waals surface area contributed by atoms with Gasteiger partial charge in [-0.25, -0.2) is 4.79 Å². The number of hydrogen-bond donors (Lipinski definition) is 2. The van der Waals surface area contributed by atoms with E-state index in [9.17, 15) is 24.0 Å². The quantitative estimate of drug-likeness (QED) is 0.441. The standard InChI is InChI=1S/C29H29ClN6O5/c1-3-35-25-9-8-20(11-21(25)28(40)36(29(35)41)13-17-4-5-17)32-27(39)22-14-34(16(2)37)15-24(22)33-26(38)18-6-7-19(12-31)23(30)10-18/h6-11,17,22,24H,3-5,13-15H2,1-2H3,(H,32,39)(H,33,38)/t22-,24-/m0/s1. The van der Waals surface area contributed by atoms with Crippen LogP contribution < -0.4 is 21.9 Å². The Bertz CT molecular complexity index is 1730. The molecule has 0 spiro atoms. The Balaban J connectivity index is 1.40. The maximum atomic E-state index is 13.5. The molecule has 1 aliphatic heterocycles. The van der Waals surface area contributed by atoms with Gasteiger partial charge in [0.05, 0.1) is 33.4 Å². The summed E-state index contributed by atoms with van der Waals surface area (Å²) >= 11 is 6.08. The third kappa shape index (κ3) is 5.60. The molecular weight excluding hydrogens is 548 g/mol. The van der Waals surface area contributed by atoms with Crippen molar-refractivity contribution >= 4 is 45.9 Å². The first-order chi connectivity index (χ1) is 19.6. The molecule has 1 saturated heterocycles. The molecule has 1 aromatic heterocycles. The van der Waals surface area contributed by atoms with Crippen molar-refractivity contribution in [3.05, 3.63) is 73.4 Å². The van der Waals surface area contributed by atoms with Crippen LogP contribution >= 0.6 is 11.6 Å². The fourth-order valence-corrected chi connectivity index (χ4v) is 5.46. The van der Waals surface area contributed by atoms with Gasteiger partial charge in [0.1, 0.15) is 6.07 Å². The maximum Gasteiger partial charge on any atom is 0.331 e. The Labute approximate surface area is 240 Å². The van der Waals surface area contributed by atoms with Crippen molar-refractivity contribution in [1.29, 1.82) is 5.26 Å². The number of aromatic nitrogens is 2. The third-order valence-corrected chi connectivity index (χ3v) is 8.03. The summed E-state index contributed by atoms with van der Waals surface area (Å²) in [6, 6.07) is 10.4. The van der Waals surface area contributed by atoms with Crippen molar-refractivity contribution in [3.63, 3.8) is 0 Å². The molecule has 5 rings (SSSR count). The molecule has 1 saturated carbocycles. The molecule has 2 N–H and O–H groups in total. The van der Waals surface area contributed by atoms with Crippen LogP contribution in [0.2, 0.25) is 5.02 Å². The van der Waals surface area contributed by atoms with E-state index in [1.54, 1.807) is 22.8 Å². The van der Waals surface area contributed by atoms with E-state index in [1.807, 2.05) is 13.0 Å². The van der Waals surface area contributed by atoms with E-state index in [4.69, 9.17) is 16.9 Å². The summed E-state index contributed by atoms with van der Waals surface area (Å²) in [5, 5.41) is 15.2. The number of anilines is 1. The lowest BCUT2D eigenvalue weighted by atomic mass is 10.0. The van der Waals surface area contributed by atoms with E-state index in [0.29, 0.717) is 35.6 Å². The van der Waals surface area contributed by atoms with E-state index in [-0.39, 0.29) is 40.8 Å². The molecule has 2 fully saturated rings. The first kappa shape index (κ1) is 28.1. The predicted octanol–water partition coefficient (Wildman–Crippen LogP) is 2.33. The average Bonchev–Trinajstić information content (AvgIpc) is 3.67. The molecule has 3 amide bonds. The number of carbonyl (C=O) groups excluding carboxylic acids is 3. The van der Waals surface area contributed by atoms with Crippen molar-refractivity contribution in [2.45, 2.75) is 45.8 Å². The van der Waals surface area contributed by atoms with Gasteiger partial charge in [-0.3, -0.25) is 28.3 Å². The molecule has 2 atom stereocenters. The molecule has 3 aromatic rings.